The summed E-state index contributed by atoms with van der Waals surface area (Å²) in [5, 5.41) is 6.78. The van der Waals surface area contributed by atoms with Crippen LogP contribution in [0.25, 0.3) is 34.0 Å². The molecule has 3 heterocycles. The number of aromatic nitrogens is 3. The predicted molar refractivity (Wildman–Crippen MR) is 833 cm³/mol. The van der Waals surface area contributed by atoms with Crippen molar-refractivity contribution in [2.45, 2.75) is 23.1 Å². The normalized spacial score (nSPS) is 15.8. The maximum Gasteiger partial charge on any atom is 0.189 e. The molecule has 2 aromatic heterocycles. The zero-order valence-electron chi connectivity index (χ0n) is 62.3. The quantitative estimate of drug-likeness (QED) is 0.0415. The maximum absolute atomic E-state index is 12.8. The fourth-order valence-corrected chi connectivity index (χ4v) is 1240. The highest BCUT2D eigenvalue weighted by Gasteiger charge is 2.66. The average Bonchev–Trinajstić information content (AvgIpc) is 0.998. The summed E-state index contributed by atoms with van der Waals surface area (Å²) in [6, 6.07) is 16.4. The molecule has 0 spiro atoms. The third-order valence-corrected chi connectivity index (χ3v) is 610. The summed E-state index contributed by atoms with van der Waals surface area (Å²) in [6.07, 6.45) is 2.06. The number of rotatable bonds is 47. The first-order chi connectivity index (χ1) is 55.1. The number of nitrogens with two attached hydrogens (primary N) is 1. The Morgan fingerprint density at radius 2 is 0.622 bits per heavy atom. The number of hydrogen-bond acceptors (Lipinski definition) is 9. The molecule has 1 fully saturated rings. The van der Waals surface area contributed by atoms with Crippen molar-refractivity contribution in [1.29, 1.82) is 0 Å². The lowest BCUT2D eigenvalue weighted by Gasteiger charge is -2.63. The molecule has 3 N–H and O–H groups in total. The lowest BCUT2D eigenvalue weighted by Crippen LogP contribution is -2.21. The van der Waals surface area contributed by atoms with Gasteiger partial charge in [0.15, 0.2) is 27.1 Å². The molecule has 94 heteroatoms. The topological polar surface area (TPSA) is 133 Å². The van der Waals surface area contributed by atoms with Crippen LogP contribution in [0.4, 0.5) is 5.82 Å². The molecule has 1 saturated heterocycles. The molecule has 0 saturated carbocycles. The third kappa shape index (κ3) is 46.0. The number of sulfone groups is 1. The summed E-state index contributed by atoms with van der Waals surface area (Å²) >= 11 is 0. The SMILES string of the molecule is CNCc1ccc(-c2cc(-c3nc(-c4ccc(S(=O)(=O)C5CCOC5)cc4)cnc3N)on2)cc1.PP(P)P(P)P(P(P(P)P)P(P)P)P(P(P(P)P)P(P)P)P(P(P(P(P(P)P)P(P)P)P(P(P)P)P(P)P)P(P(P(P)P)P(P)P)P(P(P)P)P(P)P)P(P(P(P(P)P)P(P)P)P(P(P)P)P(P)P)P(P(P(P)P)P(P)P)P(P(P)P)P(P)P. The van der Waals surface area contributed by atoms with Gasteiger partial charge in [-0.3, -0.25) is 0 Å². The van der Waals surface area contributed by atoms with Gasteiger partial charge in [-0.1, -0.05) is 41.6 Å². The van der Waals surface area contributed by atoms with Crippen molar-refractivity contribution in [1.82, 2.24) is 20.4 Å². The first-order valence-corrected chi connectivity index (χ1v) is 185. The summed E-state index contributed by atoms with van der Waals surface area (Å²) < 4.78 is 36.4. The summed E-state index contributed by atoms with van der Waals surface area (Å²) in [5.41, 5.74) is 10.4. The summed E-state index contributed by atoms with van der Waals surface area (Å²) in [4.78, 5) is 9.16. The Labute approximate surface area is 861 Å². The lowest BCUT2D eigenvalue weighted by atomic mass is 10.1. The van der Waals surface area contributed by atoms with Crippen molar-refractivity contribution in [3.63, 3.8) is 0 Å². The Kier molecular flexibility index (Phi) is 90.9. The monoisotopic (exact) mass is 3180 g/mol. The van der Waals surface area contributed by atoms with Crippen molar-refractivity contribution in [3.8, 4) is 34.0 Å². The average molecular weight is 3180 g/mol. The molecule has 0 amide bonds. The number of nitrogen functional groups attached to an aromatic ring is 1. The van der Waals surface area contributed by atoms with E-state index in [0.29, 0.717) is 41.4 Å². The highest BCUT2D eigenvalue weighted by atomic mass is 33.6. The van der Waals surface area contributed by atoms with Crippen molar-refractivity contribution in [3.05, 3.63) is 66.4 Å². The molecular weight excluding hydrogens is 3070 g/mol. The summed E-state index contributed by atoms with van der Waals surface area (Å²) in [6.45, 7) is -13.7. The molecule has 0 radical (unpaired) electrons. The van der Waals surface area contributed by atoms with Gasteiger partial charge in [0.2, 0.25) is 0 Å². The molecule has 5 rings (SSSR count). The van der Waals surface area contributed by atoms with Gasteiger partial charge >= 0.3 is 0 Å². The summed E-state index contributed by atoms with van der Waals surface area (Å²) in [5.74, 6) is 0.604. The van der Waals surface area contributed by atoms with Crippen molar-refractivity contribution in [2.24, 2.45) is 0 Å². The number of nitrogens with zero attached hydrogens (tertiary/aromatic N) is 3. The van der Waals surface area contributed by atoms with E-state index < -0.39 is 85.0 Å². The van der Waals surface area contributed by atoms with Gasteiger partial charge in [0.25, 0.3) is 0 Å². The number of anilines is 1. The van der Waals surface area contributed by atoms with Gasteiger partial charge in [0, 0.05) is 30.3 Å². The van der Waals surface area contributed by atoms with Crippen LogP contribution in [-0.2, 0) is 21.1 Å². The van der Waals surface area contributed by atoms with Crippen LogP contribution in [0.3, 0.4) is 0 Å². The Hall–Kier alpha value is 32.5. The maximum atomic E-state index is 12.8. The summed E-state index contributed by atoms with van der Waals surface area (Å²) in [7, 11) is 158. The van der Waals surface area contributed by atoms with Crippen LogP contribution in [0.2, 0.25) is 0 Å². The number of ether oxygens (including phenoxy) is 1. The minimum Gasteiger partial charge on any atom is -0.382 e. The second kappa shape index (κ2) is 75.2. The Balaban J connectivity index is 0.000000692. The molecule has 47 unspecified atom stereocenters. The van der Waals surface area contributed by atoms with Crippen LogP contribution in [-0.4, -0.2) is 49.1 Å². The third-order valence-electron chi connectivity index (χ3n) is 13.4. The van der Waals surface area contributed by atoms with Crippen LogP contribution >= 0.6 is 670 Å². The van der Waals surface area contributed by atoms with E-state index in [9.17, 15) is 8.42 Å². The van der Waals surface area contributed by atoms with Crippen LogP contribution in [0.1, 0.15) is 12.0 Å². The van der Waals surface area contributed by atoms with Gasteiger partial charge < -0.3 is 20.3 Å². The molecule has 0 aliphatic carbocycles. The molecule has 2 aromatic carbocycles. The molecule has 1 aliphatic heterocycles. The van der Waals surface area contributed by atoms with Crippen LogP contribution < -0.4 is 11.1 Å². The molecule has 9 nitrogen and oxygen atoms in total. The fourth-order valence-electron chi connectivity index (χ4n) is 9.09. The van der Waals surface area contributed by atoms with Crippen LogP contribution in [0.15, 0.2) is 70.2 Å². The first-order valence-electron chi connectivity index (χ1n) is 30.3. The second-order valence-electron chi connectivity index (χ2n) is 21.7. The van der Waals surface area contributed by atoms with Gasteiger partial charge in [0.05, 0.1) is 28.6 Å². The standard InChI is InChI=1S/C25H25N5O4S.H86P84/c1-27-13-16-2-4-17(5-3-16)21-12-23(34-30-21)24-25(26)28-14-22(29-24)18-6-8-19(9-7-18)35(31,32)20-10-11-33-15-20;1-44(2)65(43)76(66(45(3)4)46(5)6)81(75(63(39)40)64(41)42)84(82(77(67(47(7)8)48(9)10)68(49(11)12)50(13)14)78(69(51(15)16)52(17)18)70(53(19)20)54(21)22)83(79(71(55(23)24)56(25)26)72(57(27)28)58(29)30)80(73(59(31)32)60(33)34)74(61(35)36)62(37)38/h2-9,12,14,20,27H,10-11,13,15H2,1H3,(H2,26,28);1-43H2. The van der Waals surface area contributed by atoms with E-state index in [2.05, 4.69) is 404 Å². The minimum absolute atomic E-state index is 0.209. The van der Waals surface area contributed by atoms with E-state index >= 15 is 0 Å². The highest BCUT2D eigenvalue weighted by Crippen LogP contribution is 3.53. The lowest BCUT2D eigenvalue weighted by molar-refractivity contribution is 0.198. The molecule has 4 aromatic rings. The first kappa shape index (κ1) is 144. The second-order valence-corrected chi connectivity index (χ2v) is 372. The predicted octanol–water partition coefficient (Wildman–Crippen LogP) is 52.6. The minimum atomic E-state index is -3.43. The van der Waals surface area contributed by atoms with Crippen LogP contribution in [0, 0.1) is 0 Å². The van der Waals surface area contributed by atoms with Crippen molar-refractivity contribution >= 4 is 686 Å². The van der Waals surface area contributed by atoms with E-state index in [-0.39, 0.29) is 234 Å². The molecule has 47 atom stereocenters. The van der Waals surface area contributed by atoms with E-state index in [1.807, 2.05) is 31.3 Å². The van der Waals surface area contributed by atoms with Crippen molar-refractivity contribution < 1.29 is 17.7 Å². The molecular formula is C25H111N5O4P84S. The van der Waals surface area contributed by atoms with Gasteiger partial charge in [0.1, 0.15) is 5.69 Å². The van der Waals surface area contributed by atoms with Gasteiger partial charge in [-0.2, -0.15) is 0 Å². The largest absolute Gasteiger partial charge is 0.382 e. The molecule has 1 aliphatic rings. The molecule has 119 heavy (non-hydrogen) atoms. The Bertz CT molecular complexity index is 3330. The van der Waals surface area contributed by atoms with E-state index in [0.717, 1.165) is 17.7 Å². The van der Waals surface area contributed by atoms with Crippen LogP contribution in [0.5, 0.6) is 0 Å². The smallest absolute Gasteiger partial charge is 0.189 e. The van der Waals surface area contributed by atoms with E-state index in [1.165, 1.54) is 0 Å². The fraction of sp³-hybridized carbons (Fsp3) is 0.240. The zero-order valence-corrected chi connectivity index (χ0v) is 149. The van der Waals surface area contributed by atoms with E-state index in [4.69, 9.17) is 15.0 Å². The molecule has 0 bridgehead atoms. The Morgan fingerprint density at radius 1 is 0.361 bits per heavy atom. The van der Waals surface area contributed by atoms with E-state index in [1.54, 1.807) is 36.5 Å². The van der Waals surface area contributed by atoms with Gasteiger partial charge in [-0.25, -0.2) is 18.4 Å². The van der Waals surface area contributed by atoms with Gasteiger partial charge in [-0.15, -0.1) is 384 Å². The number of benzene rings is 2. The Morgan fingerprint density at radius 3 is 0.882 bits per heavy atom. The van der Waals surface area contributed by atoms with Crippen molar-refractivity contribution in [2.75, 3.05) is 26.0 Å². The number of hydrogen-bond donors (Lipinski definition) is 2. The zero-order chi connectivity index (χ0) is 91.1. The molecule has 686 valence electrons. The van der Waals surface area contributed by atoms with Gasteiger partial charge in [-0.05, 0) is 318 Å². The highest BCUT2D eigenvalue weighted by molar-refractivity contribution is 9.58. The number of nitrogens with one attached hydrogen (secondary N) is 1.